The first-order valence-electron chi connectivity index (χ1n) is 7.65. The molecule has 108 valence electrons. The van der Waals surface area contributed by atoms with E-state index in [1.54, 1.807) is 0 Å². The van der Waals surface area contributed by atoms with Crippen molar-refractivity contribution in [3.8, 4) is 0 Å². The smallest absolute Gasteiger partial charge is 0.0631 e. The Balaban J connectivity index is 2.35. The molecule has 2 nitrogen and oxygen atoms in total. The summed E-state index contributed by atoms with van der Waals surface area (Å²) in [4.78, 5) is 0. The second kappa shape index (κ2) is 6.38. The quantitative estimate of drug-likeness (QED) is 0.738. The molecule has 1 aliphatic heterocycles. The maximum Gasteiger partial charge on any atom is 0.0631 e. The van der Waals surface area contributed by atoms with Crippen molar-refractivity contribution in [3.05, 3.63) is 0 Å². The molecule has 0 aromatic carbocycles. The second-order valence-electron chi connectivity index (χ2n) is 7.47. The van der Waals surface area contributed by atoms with Crippen LogP contribution in [0.15, 0.2) is 0 Å². The number of rotatable bonds is 7. The number of nitrogens with one attached hydrogen (secondary N) is 1. The predicted octanol–water partition coefficient (Wildman–Crippen LogP) is 4.14. The summed E-state index contributed by atoms with van der Waals surface area (Å²) >= 11 is 0. The second-order valence-corrected chi connectivity index (χ2v) is 7.47. The van der Waals surface area contributed by atoms with Gasteiger partial charge < -0.3 is 10.1 Å². The van der Waals surface area contributed by atoms with Crippen molar-refractivity contribution in [1.82, 2.24) is 5.32 Å². The molecule has 2 unspecified atom stereocenters. The SMILES string of the molecule is CCCNC(C)CC(C)(C)CC1CCC(C)(C)O1. The normalized spacial score (nSPS) is 25.3. The molecule has 2 atom stereocenters. The van der Waals surface area contributed by atoms with Gasteiger partial charge in [0, 0.05) is 6.04 Å². The third-order valence-corrected chi connectivity index (χ3v) is 3.94. The third kappa shape index (κ3) is 5.71. The van der Waals surface area contributed by atoms with Crippen LogP contribution in [0.1, 0.15) is 73.6 Å². The summed E-state index contributed by atoms with van der Waals surface area (Å²) < 4.78 is 6.13. The highest BCUT2D eigenvalue weighted by atomic mass is 16.5. The van der Waals surface area contributed by atoms with Crippen LogP contribution in [0.2, 0.25) is 0 Å². The lowest BCUT2D eigenvalue weighted by atomic mass is 9.80. The first-order chi connectivity index (χ1) is 8.24. The molecule has 0 radical (unpaired) electrons. The van der Waals surface area contributed by atoms with Crippen LogP contribution in [-0.4, -0.2) is 24.3 Å². The number of hydrogen-bond acceptors (Lipinski definition) is 2. The van der Waals surface area contributed by atoms with E-state index in [-0.39, 0.29) is 5.60 Å². The number of ether oxygens (including phenoxy) is 1. The Morgan fingerprint density at radius 2 is 2.06 bits per heavy atom. The van der Waals surface area contributed by atoms with Crippen LogP contribution >= 0.6 is 0 Å². The van der Waals surface area contributed by atoms with Crippen LogP contribution in [-0.2, 0) is 4.74 Å². The predicted molar refractivity (Wildman–Crippen MR) is 79.0 cm³/mol. The highest BCUT2D eigenvalue weighted by Gasteiger charge is 2.35. The molecule has 1 aliphatic rings. The summed E-state index contributed by atoms with van der Waals surface area (Å²) in [5, 5.41) is 3.59. The zero-order valence-electron chi connectivity index (χ0n) is 13.3. The minimum atomic E-state index is 0.104. The molecule has 0 aromatic rings. The Hall–Kier alpha value is -0.0800. The molecule has 1 heterocycles. The topological polar surface area (TPSA) is 21.3 Å². The van der Waals surface area contributed by atoms with Gasteiger partial charge in [-0.1, -0.05) is 20.8 Å². The average molecular weight is 255 g/mol. The van der Waals surface area contributed by atoms with Gasteiger partial charge in [-0.3, -0.25) is 0 Å². The summed E-state index contributed by atoms with van der Waals surface area (Å²) in [7, 11) is 0. The Labute approximate surface area is 114 Å². The Morgan fingerprint density at radius 3 is 2.56 bits per heavy atom. The summed E-state index contributed by atoms with van der Waals surface area (Å²) in [6.07, 6.45) is 6.53. The minimum absolute atomic E-state index is 0.104. The molecule has 0 aliphatic carbocycles. The molecule has 0 spiro atoms. The van der Waals surface area contributed by atoms with Crippen molar-refractivity contribution in [2.45, 2.75) is 91.4 Å². The third-order valence-electron chi connectivity index (χ3n) is 3.94. The molecule has 1 rings (SSSR count). The first-order valence-corrected chi connectivity index (χ1v) is 7.65. The van der Waals surface area contributed by atoms with Crippen LogP contribution in [0.3, 0.4) is 0 Å². The van der Waals surface area contributed by atoms with E-state index in [1.807, 2.05) is 0 Å². The molecule has 1 fully saturated rings. The lowest BCUT2D eigenvalue weighted by Crippen LogP contribution is -2.33. The highest BCUT2D eigenvalue weighted by Crippen LogP contribution is 2.37. The van der Waals surface area contributed by atoms with Crippen LogP contribution in [0.5, 0.6) is 0 Å². The first kappa shape index (κ1) is 16.0. The van der Waals surface area contributed by atoms with Gasteiger partial charge in [0.25, 0.3) is 0 Å². The molecular weight excluding hydrogens is 222 g/mol. The maximum absolute atomic E-state index is 6.13. The molecular formula is C16H33NO. The molecule has 1 N–H and O–H groups in total. The lowest BCUT2D eigenvalue weighted by Gasteiger charge is -2.31. The van der Waals surface area contributed by atoms with E-state index in [9.17, 15) is 0 Å². The van der Waals surface area contributed by atoms with Gasteiger partial charge >= 0.3 is 0 Å². The van der Waals surface area contributed by atoms with Crippen LogP contribution < -0.4 is 5.32 Å². The van der Waals surface area contributed by atoms with Gasteiger partial charge in [0.05, 0.1) is 11.7 Å². The fourth-order valence-electron chi connectivity index (χ4n) is 3.21. The van der Waals surface area contributed by atoms with Crippen molar-refractivity contribution >= 4 is 0 Å². The van der Waals surface area contributed by atoms with E-state index >= 15 is 0 Å². The molecule has 2 heteroatoms. The summed E-state index contributed by atoms with van der Waals surface area (Å²) in [6.45, 7) is 14.8. The molecule has 0 aromatic heterocycles. The van der Waals surface area contributed by atoms with Crippen molar-refractivity contribution in [2.24, 2.45) is 5.41 Å². The van der Waals surface area contributed by atoms with Gasteiger partial charge in [-0.25, -0.2) is 0 Å². The maximum atomic E-state index is 6.13. The van der Waals surface area contributed by atoms with Gasteiger partial charge in [-0.15, -0.1) is 0 Å². The fraction of sp³-hybridized carbons (Fsp3) is 1.00. The zero-order chi connectivity index (χ0) is 13.8. The van der Waals surface area contributed by atoms with Crippen LogP contribution in [0.4, 0.5) is 0 Å². The van der Waals surface area contributed by atoms with E-state index in [2.05, 4.69) is 46.9 Å². The molecule has 0 amide bonds. The molecule has 18 heavy (non-hydrogen) atoms. The van der Waals surface area contributed by atoms with Crippen molar-refractivity contribution < 1.29 is 4.74 Å². The van der Waals surface area contributed by atoms with Gasteiger partial charge in [0.15, 0.2) is 0 Å². The molecule has 0 bridgehead atoms. The largest absolute Gasteiger partial charge is 0.372 e. The molecule has 0 saturated carbocycles. The lowest BCUT2D eigenvalue weighted by molar-refractivity contribution is -0.0333. The average Bonchev–Trinajstić information content (AvgIpc) is 2.53. The van der Waals surface area contributed by atoms with Crippen LogP contribution in [0, 0.1) is 5.41 Å². The van der Waals surface area contributed by atoms with Crippen molar-refractivity contribution in [1.29, 1.82) is 0 Å². The standard InChI is InChI=1S/C16H33NO/c1-7-10-17-13(2)11-15(3,4)12-14-8-9-16(5,6)18-14/h13-14,17H,7-12H2,1-6H3. The monoisotopic (exact) mass is 255 g/mol. The Bertz CT molecular complexity index is 247. The van der Waals surface area contributed by atoms with Crippen LogP contribution in [0.25, 0.3) is 0 Å². The van der Waals surface area contributed by atoms with E-state index in [0.717, 1.165) is 6.54 Å². The van der Waals surface area contributed by atoms with E-state index in [4.69, 9.17) is 4.74 Å². The Morgan fingerprint density at radius 1 is 1.39 bits per heavy atom. The zero-order valence-corrected chi connectivity index (χ0v) is 13.3. The number of hydrogen-bond donors (Lipinski definition) is 1. The van der Waals surface area contributed by atoms with E-state index in [0.29, 0.717) is 17.6 Å². The summed E-state index contributed by atoms with van der Waals surface area (Å²) in [6, 6.07) is 0.606. The minimum Gasteiger partial charge on any atom is -0.372 e. The summed E-state index contributed by atoms with van der Waals surface area (Å²) in [5.74, 6) is 0. The molecule has 1 saturated heterocycles. The van der Waals surface area contributed by atoms with Gasteiger partial charge in [0.2, 0.25) is 0 Å². The van der Waals surface area contributed by atoms with Crippen molar-refractivity contribution in [3.63, 3.8) is 0 Å². The van der Waals surface area contributed by atoms with Gasteiger partial charge in [0.1, 0.15) is 0 Å². The van der Waals surface area contributed by atoms with E-state index < -0.39 is 0 Å². The van der Waals surface area contributed by atoms with Gasteiger partial charge in [-0.2, -0.15) is 0 Å². The fourth-order valence-corrected chi connectivity index (χ4v) is 3.21. The van der Waals surface area contributed by atoms with E-state index in [1.165, 1.54) is 32.1 Å². The highest BCUT2D eigenvalue weighted by molar-refractivity contribution is 4.85. The Kier molecular flexibility index (Phi) is 5.67. The van der Waals surface area contributed by atoms with Gasteiger partial charge in [-0.05, 0) is 64.8 Å². The summed E-state index contributed by atoms with van der Waals surface area (Å²) in [5.41, 5.74) is 0.470. The van der Waals surface area contributed by atoms with Crippen molar-refractivity contribution in [2.75, 3.05) is 6.54 Å².